The van der Waals surface area contributed by atoms with Crippen LogP contribution >= 0.6 is 0 Å². The molecule has 0 fully saturated rings. The normalized spacial score (nSPS) is 10.9. The minimum Gasteiger partial charge on any atom is -0.363 e. The molecule has 2 N–H and O–H groups in total. The molecule has 1 amide bonds. The summed E-state index contributed by atoms with van der Waals surface area (Å²) in [5, 5.41) is 0. The Kier molecular flexibility index (Phi) is 3.97. The number of aryl methyl sites for hydroxylation is 1. The first-order chi connectivity index (χ1) is 8.74. The molecule has 0 radical (unpaired) electrons. The van der Waals surface area contributed by atoms with Crippen molar-refractivity contribution in [2.75, 3.05) is 0 Å². The molecule has 0 atom stereocenters. The highest BCUT2D eigenvalue weighted by molar-refractivity contribution is 5.93. The first-order valence-corrected chi connectivity index (χ1v) is 6.49. The van der Waals surface area contributed by atoms with Gasteiger partial charge in [0.05, 0.1) is 11.0 Å². The number of amides is 1. The molecule has 0 bridgehead atoms. The Morgan fingerprint density at radius 3 is 2.78 bits per heavy atom. The quantitative estimate of drug-likeness (QED) is 0.795. The van der Waals surface area contributed by atoms with Crippen molar-refractivity contribution in [2.45, 2.75) is 39.2 Å². The number of primary amides is 1. The predicted molar refractivity (Wildman–Crippen MR) is 72.4 cm³/mol. The van der Waals surface area contributed by atoms with E-state index in [4.69, 9.17) is 5.73 Å². The van der Waals surface area contributed by atoms with Crippen molar-refractivity contribution in [3.05, 3.63) is 30.1 Å². The number of nitrogens with zero attached hydrogens (tertiary/aromatic N) is 2. The van der Waals surface area contributed by atoms with Crippen LogP contribution < -0.4 is 5.73 Å². The monoisotopic (exact) mass is 245 g/mol. The van der Waals surface area contributed by atoms with Gasteiger partial charge in [-0.3, -0.25) is 4.79 Å². The molecule has 1 heterocycles. The molecule has 0 aliphatic heterocycles. The summed E-state index contributed by atoms with van der Waals surface area (Å²) in [5.74, 6) is -0.0885. The first kappa shape index (κ1) is 12.6. The van der Waals surface area contributed by atoms with Crippen molar-refractivity contribution < 1.29 is 4.79 Å². The fourth-order valence-corrected chi connectivity index (χ4v) is 2.19. The number of nitrogens with two attached hydrogens (primary N) is 1. The lowest BCUT2D eigenvalue weighted by Gasteiger charge is -2.06. The zero-order valence-electron chi connectivity index (χ0n) is 10.7. The molecule has 4 nitrogen and oxygen atoms in total. The number of fused-ring (bicyclic) bond motifs is 1. The summed E-state index contributed by atoms with van der Waals surface area (Å²) in [6, 6.07) is 7.76. The van der Waals surface area contributed by atoms with Gasteiger partial charge in [0, 0.05) is 6.54 Å². The SMILES string of the molecule is CCCCCCn1c(C(N)=O)nc2ccccc21. The van der Waals surface area contributed by atoms with Gasteiger partial charge in [0.2, 0.25) is 0 Å². The van der Waals surface area contributed by atoms with E-state index in [-0.39, 0.29) is 0 Å². The van der Waals surface area contributed by atoms with Crippen molar-refractivity contribution in [1.82, 2.24) is 9.55 Å². The van der Waals surface area contributed by atoms with Gasteiger partial charge in [0.1, 0.15) is 0 Å². The summed E-state index contributed by atoms with van der Waals surface area (Å²) in [4.78, 5) is 15.7. The van der Waals surface area contributed by atoms with Crippen molar-refractivity contribution in [2.24, 2.45) is 5.73 Å². The van der Waals surface area contributed by atoms with Crippen molar-refractivity contribution in [3.63, 3.8) is 0 Å². The minimum atomic E-state index is -0.457. The summed E-state index contributed by atoms with van der Waals surface area (Å²) < 4.78 is 1.94. The van der Waals surface area contributed by atoms with Gasteiger partial charge >= 0.3 is 0 Å². The molecule has 1 aromatic heterocycles. The maximum absolute atomic E-state index is 11.4. The second-order valence-corrected chi connectivity index (χ2v) is 4.50. The van der Waals surface area contributed by atoms with Crippen LogP contribution in [0.25, 0.3) is 11.0 Å². The molecule has 0 saturated heterocycles. The van der Waals surface area contributed by atoms with Crippen LogP contribution in [0.1, 0.15) is 43.2 Å². The van der Waals surface area contributed by atoms with Crippen LogP contribution in [-0.4, -0.2) is 15.5 Å². The fraction of sp³-hybridized carbons (Fsp3) is 0.429. The number of para-hydroxylation sites is 2. The third-order valence-electron chi connectivity index (χ3n) is 3.11. The Balaban J connectivity index is 2.27. The Morgan fingerprint density at radius 1 is 1.28 bits per heavy atom. The van der Waals surface area contributed by atoms with E-state index in [1.165, 1.54) is 19.3 Å². The van der Waals surface area contributed by atoms with E-state index in [9.17, 15) is 4.79 Å². The number of rotatable bonds is 6. The molecule has 0 unspecified atom stereocenters. The van der Waals surface area contributed by atoms with Crippen LogP contribution in [0.3, 0.4) is 0 Å². The number of unbranched alkanes of at least 4 members (excludes halogenated alkanes) is 3. The van der Waals surface area contributed by atoms with Gasteiger partial charge in [-0.05, 0) is 18.6 Å². The number of aromatic nitrogens is 2. The molecule has 18 heavy (non-hydrogen) atoms. The van der Waals surface area contributed by atoms with Gasteiger partial charge in [-0.1, -0.05) is 38.3 Å². The molecule has 96 valence electrons. The Hall–Kier alpha value is -1.84. The highest BCUT2D eigenvalue weighted by Gasteiger charge is 2.13. The van der Waals surface area contributed by atoms with E-state index >= 15 is 0 Å². The zero-order valence-corrected chi connectivity index (χ0v) is 10.7. The number of imidazole rings is 1. The van der Waals surface area contributed by atoms with E-state index in [1.807, 2.05) is 28.8 Å². The van der Waals surface area contributed by atoms with Gasteiger partial charge in [0.25, 0.3) is 5.91 Å². The molecule has 0 saturated carbocycles. The third-order valence-corrected chi connectivity index (χ3v) is 3.11. The molecule has 1 aromatic carbocycles. The van der Waals surface area contributed by atoms with E-state index in [0.717, 1.165) is 24.0 Å². The second kappa shape index (κ2) is 5.67. The second-order valence-electron chi connectivity index (χ2n) is 4.50. The summed E-state index contributed by atoms with van der Waals surface area (Å²) >= 11 is 0. The molecule has 2 aromatic rings. The predicted octanol–water partition coefficient (Wildman–Crippen LogP) is 2.72. The summed E-state index contributed by atoms with van der Waals surface area (Å²) in [7, 11) is 0. The molecular weight excluding hydrogens is 226 g/mol. The minimum absolute atomic E-state index is 0.368. The van der Waals surface area contributed by atoms with E-state index < -0.39 is 5.91 Å². The Labute approximate surface area is 107 Å². The largest absolute Gasteiger partial charge is 0.363 e. The lowest BCUT2D eigenvalue weighted by Crippen LogP contribution is -2.18. The van der Waals surface area contributed by atoms with Gasteiger partial charge in [-0.25, -0.2) is 4.98 Å². The van der Waals surface area contributed by atoms with E-state index in [1.54, 1.807) is 0 Å². The standard InChI is InChI=1S/C14H19N3O/c1-2-3-4-7-10-17-12-9-6-5-8-11(12)16-14(17)13(15)18/h5-6,8-9H,2-4,7,10H2,1H3,(H2,15,18). The lowest BCUT2D eigenvalue weighted by atomic mass is 10.2. The Bertz CT molecular complexity index is 545. The van der Waals surface area contributed by atoms with Crippen LogP contribution in [-0.2, 0) is 6.54 Å². The summed E-state index contributed by atoms with van der Waals surface area (Å²) in [5.41, 5.74) is 7.21. The van der Waals surface area contributed by atoms with E-state index in [0.29, 0.717) is 5.82 Å². The van der Waals surface area contributed by atoms with Gasteiger partial charge < -0.3 is 10.3 Å². The topological polar surface area (TPSA) is 60.9 Å². The van der Waals surface area contributed by atoms with Gasteiger partial charge in [0.15, 0.2) is 5.82 Å². The summed E-state index contributed by atoms with van der Waals surface area (Å²) in [6.07, 6.45) is 4.64. The molecule has 0 aliphatic rings. The Morgan fingerprint density at radius 2 is 2.06 bits per heavy atom. The highest BCUT2D eigenvalue weighted by atomic mass is 16.1. The number of carbonyl (C=O) groups excluding carboxylic acids is 1. The first-order valence-electron chi connectivity index (χ1n) is 6.49. The van der Waals surface area contributed by atoms with Crippen LogP contribution in [0.5, 0.6) is 0 Å². The van der Waals surface area contributed by atoms with Gasteiger partial charge in [-0.15, -0.1) is 0 Å². The number of carbonyl (C=O) groups is 1. The molecule has 4 heteroatoms. The maximum Gasteiger partial charge on any atom is 0.284 e. The van der Waals surface area contributed by atoms with Crippen LogP contribution in [0.2, 0.25) is 0 Å². The number of hydrogen-bond donors (Lipinski definition) is 1. The van der Waals surface area contributed by atoms with Crippen LogP contribution in [0.4, 0.5) is 0 Å². The fourth-order valence-electron chi connectivity index (χ4n) is 2.19. The smallest absolute Gasteiger partial charge is 0.284 e. The maximum atomic E-state index is 11.4. The number of hydrogen-bond acceptors (Lipinski definition) is 2. The molecule has 0 aliphatic carbocycles. The summed E-state index contributed by atoms with van der Waals surface area (Å²) in [6.45, 7) is 2.99. The average molecular weight is 245 g/mol. The van der Waals surface area contributed by atoms with Crippen LogP contribution in [0.15, 0.2) is 24.3 Å². The van der Waals surface area contributed by atoms with Crippen molar-refractivity contribution in [1.29, 1.82) is 0 Å². The lowest BCUT2D eigenvalue weighted by molar-refractivity contribution is 0.0986. The van der Waals surface area contributed by atoms with E-state index in [2.05, 4.69) is 11.9 Å². The highest BCUT2D eigenvalue weighted by Crippen LogP contribution is 2.17. The number of benzene rings is 1. The van der Waals surface area contributed by atoms with Crippen LogP contribution in [0, 0.1) is 0 Å². The molecule has 0 spiro atoms. The average Bonchev–Trinajstić information content (AvgIpc) is 2.74. The van der Waals surface area contributed by atoms with Gasteiger partial charge in [-0.2, -0.15) is 0 Å². The van der Waals surface area contributed by atoms with Crippen molar-refractivity contribution in [3.8, 4) is 0 Å². The zero-order chi connectivity index (χ0) is 13.0. The molecular formula is C14H19N3O. The van der Waals surface area contributed by atoms with Crippen molar-refractivity contribution >= 4 is 16.9 Å². The molecule has 2 rings (SSSR count). The third kappa shape index (κ3) is 2.53.